The molecule has 0 aliphatic carbocycles. The third-order valence-corrected chi connectivity index (χ3v) is 6.90. The number of hydrogen-bond donors (Lipinski definition) is 0. The van der Waals surface area contributed by atoms with E-state index in [1.54, 1.807) is 42.0 Å². The minimum atomic E-state index is 0.683. The Balaban J connectivity index is 1.57. The number of rotatable bonds is 8. The lowest BCUT2D eigenvalue weighted by molar-refractivity contribution is 0.218. The van der Waals surface area contributed by atoms with Crippen molar-refractivity contribution in [1.82, 2.24) is 19.7 Å². The van der Waals surface area contributed by atoms with Gasteiger partial charge in [-0.15, -0.1) is 21.5 Å². The average molecular weight is 415 g/mol. The van der Waals surface area contributed by atoms with Crippen LogP contribution in [0.25, 0.3) is 15.9 Å². The molecule has 0 amide bonds. The van der Waals surface area contributed by atoms with Gasteiger partial charge in [-0.3, -0.25) is 4.57 Å². The van der Waals surface area contributed by atoms with E-state index in [0.29, 0.717) is 12.4 Å². The lowest BCUT2D eigenvalue weighted by Crippen LogP contribution is -2.02. The van der Waals surface area contributed by atoms with Crippen molar-refractivity contribution in [3.8, 4) is 5.69 Å². The van der Waals surface area contributed by atoms with Crippen molar-refractivity contribution in [2.24, 2.45) is 0 Å². The maximum atomic E-state index is 5.16. The normalized spacial score (nSPS) is 11.3. The van der Waals surface area contributed by atoms with E-state index in [9.17, 15) is 0 Å². The molecule has 4 rings (SSSR count). The second kappa shape index (κ2) is 8.88. The Morgan fingerprint density at radius 3 is 2.63 bits per heavy atom. The molecular formula is C19H18N4OS3. The molecule has 0 N–H and O–H groups in total. The molecule has 0 saturated carbocycles. The first-order chi connectivity index (χ1) is 13.3. The van der Waals surface area contributed by atoms with E-state index >= 15 is 0 Å². The first kappa shape index (κ1) is 18.5. The minimum absolute atomic E-state index is 0.683. The van der Waals surface area contributed by atoms with Gasteiger partial charge in [0.1, 0.15) is 5.82 Å². The van der Waals surface area contributed by atoms with Gasteiger partial charge in [-0.25, -0.2) is 4.98 Å². The summed E-state index contributed by atoms with van der Waals surface area (Å²) in [4.78, 5) is 4.70. The van der Waals surface area contributed by atoms with Crippen LogP contribution in [0.5, 0.6) is 0 Å². The van der Waals surface area contributed by atoms with E-state index in [2.05, 4.69) is 33.0 Å². The molecule has 27 heavy (non-hydrogen) atoms. The summed E-state index contributed by atoms with van der Waals surface area (Å²) in [7, 11) is 1.71. The Kier molecular flexibility index (Phi) is 6.08. The maximum Gasteiger partial charge on any atom is 0.195 e. The lowest BCUT2D eigenvalue weighted by atomic mass is 10.3. The number of thiazole rings is 1. The SMILES string of the molecule is COCCSc1nnc(CSc2nc3ccccc3s2)n1-c1ccccc1. The van der Waals surface area contributed by atoms with E-state index in [0.717, 1.165) is 32.3 Å². The highest BCUT2D eigenvalue weighted by Gasteiger charge is 2.15. The molecule has 2 aromatic heterocycles. The second-order valence-electron chi connectivity index (χ2n) is 5.65. The van der Waals surface area contributed by atoms with Crippen LogP contribution in [-0.2, 0) is 10.5 Å². The highest BCUT2D eigenvalue weighted by Crippen LogP contribution is 2.32. The molecule has 8 heteroatoms. The van der Waals surface area contributed by atoms with Crippen LogP contribution in [-0.4, -0.2) is 39.2 Å². The number of hydrogen-bond acceptors (Lipinski definition) is 7. The Morgan fingerprint density at radius 2 is 1.81 bits per heavy atom. The standard InChI is InChI=1S/C19H18N4OS3/c1-24-11-12-25-18-22-21-17(23(18)14-7-3-2-4-8-14)13-26-19-20-15-9-5-6-10-16(15)27-19/h2-10H,11-13H2,1H3. The molecule has 0 atom stereocenters. The number of methoxy groups -OCH3 is 1. The Labute approximate surface area is 170 Å². The van der Waals surface area contributed by atoms with Gasteiger partial charge in [0.25, 0.3) is 0 Å². The highest BCUT2D eigenvalue weighted by molar-refractivity contribution is 8.00. The summed E-state index contributed by atoms with van der Waals surface area (Å²) in [5, 5.41) is 9.74. The molecule has 0 spiro atoms. The fraction of sp³-hybridized carbons (Fsp3) is 0.211. The zero-order valence-corrected chi connectivity index (χ0v) is 17.2. The molecule has 0 fully saturated rings. The number of benzene rings is 2. The predicted octanol–water partition coefficient (Wildman–Crippen LogP) is 4.91. The smallest absolute Gasteiger partial charge is 0.195 e. The largest absolute Gasteiger partial charge is 0.384 e. The van der Waals surface area contributed by atoms with Crippen LogP contribution in [0.4, 0.5) is 0 Å². The van der Waals surface area contributed by atoms with Crippen molar-refractivity contribution in [2.75, 3.05) is 19.5 Å². The molecule has 0 aliphatic heterocycles. The summed E-state index contributed by atoms with van der Waals surface area (Å²) in [5.41, 5.74) is 2.12. The Bertz CT molecular complexity index is 983. The van der Waals surface area contributed by atoms with Gasteiger partial charge >= 0.3 is 0 Å². The van der Waals surface area contributed by atoms with Crippen LogP contribution in [0.2, 0.25) is 0 Å². The first-order valence-corrected chi connectivity index (χ1v) is 11.2. The van der Waals surface area contributed by atoms with Crippen molar-refractivity contribution >= 4 is 45.1 Å². The molecule has 5 nitrogen and oxygen atoms in total. The monoisotopic (exact) mass is 414 g/mol. The third-order valence-electron chi connectivity index (χ3n) is 3.83. The molecule has 0 bridgehead atoms. The number of ether oxygens (including phenoxy) is 1. The van der Waals surface area contributed by atoms with Crippen LogP contribution < -0.4 is 0 Å². The first-order valence-electron chi connectivity index (χ1n) is 8.45. The van der Waals surface area contributed by atoms with Crippen molar-refractivity contribution in [1.29, 1.82) is 0 Å². The molecule has 2 heterocycles. The quantitative estimate of drug-likeness (QED) is 0.302. The minimum Gasteiger partial charge on any atom is -0.384 e. The van der Waals surface area contributed by atoms with E-state index in [4.69, 9.17) is 9.72 Å². The summed E-state index contributed by atoms with van der Waals surface area (Å²) >= 11 is 5.07. The van der Waals surface area contributed by atoms with Crippen molar-refractivity contribution in [2.45, 2.75) is 15.2 Å². The fourth-order valence-electron chi connectivity index (χ4n) is 2.58. The van der Waals surface area contributed by atoms with E-state index in [1.165, 1.54) is 4.70 Å². The van der Waals surface area contributed by atoms with Crippen molar-refractivity contribution < 1.29 is 4.74 Å². The predicted molar refractivity (Wildman–Crippen MR) is 113 cm³/mol. The van der Waals surface area contributed by atoms with E-state index in [1.807, 2.05) is 36.4 Å². The van der Waals surface area contributed by atoms with Gasteiger partial charge < -0.3 is 4.74 Å². The Hall–Kier alpha value is -1.87. The van der Waals surface area contributed by atoms with Crippen LogP contribution >= 0.6 is 34.9 Å². The van der Waals surface area contributed by atoms with Crippen LogP contribution in [0.1, 0.15) is 5.82 Å². The summed E-state index contributed by atoms with van der Waals surface area (Å²) in [6.45, 7) is 0.683. The molecule has 0 radical (unpaired) electrons. The van der Waals surface area contributed by atoms with Gasteiger partial charge in [0, 0.05) is 18.6 Å². The van der Waals surface area contributed by atoms with Crippen LogP contribution in [0.3, 0.4) is 0 Å². The van der Waals surface area contributed by atoms with Gasteiger partial charge in [-0.2, -0.15) is 0 Å². The topological polar surface area (TPSA) is 52.8 Å². The zero-order chi connectivity index (χ0) is 18.5. The molecule has 0 unspecified atom stereocenters. The average Bonchev–Trinajstić information content (AvgIpc) is 3.30. The zero-order valence-electron chi connectivity index (χ0n) is 14.7. The maximum absolute atomic E-state index is 5.16. The summed E-state index contributed by atoms with van der Waals surface area (Å²) in [6.07, 6.45) is 0. The van der Waals surface area contributed by atoms with E-state index < -0.39 is 0 Å². The van der Waals surface area contributed by atoms with Gasteiger partial charge in [0.05, 0.1) is 22.6 Å². The lowest BCUT2D eigenvalue weighted by Gasteiger charge is -2.09. The number of aromatic nitrogens is 4. The molecule has 0 aliphatic rings. The number of thioether (sulfide) groups is 2. The van der Waals surface area contributed by atoms with Gasteiger partial charge in [0.2, 0.25) is 0 Å². The van der Waals surface area contributed by atoms with Crippen molar-refractivity contribution in [3.05, 3.63) is 60.4 Å². The Morgan fingerprint density at radius 1 is 1.00 bits per heavy atom. The molecule has 4 aromatic rings. The van der Waals surface area contributed by atoms with Gasteiger partial charge in [-0.05, 0) is 24.3 Å². The number of fused-ring (bicyclic) bond motifs is 1. The van der Waals surface area contributed by atoms with Crippen LogP contribution in [0, 0.1) is 0 Å². The second-order valence-corrected chi connectivity index (χ2v) is 8.96. The molecule has 0 saturated heterocycles. The fourth-order valence-corrected chi connectivity index (χ4v) is 5.43. The van der Waals surface area contributed by atoms with Crippen molar-refractivity contribution in [3.63, 3.8) is 0 Å². The number of para-hydroxylation sites is 2. The summed E-state index contributed by atoms with van der Waals surface area (Å²) in [5.74, 6) is 2.48. The molecule has 2 aromatic carbocycles. The van der Waals surface area contributed by atoms with Gasteiger partial charge in [-0.1, -0.05) is 53.9 Å². The summed E-state index contributed by atoms with van der Waals surface area (Å²) in [6, 6.07) is 18.5. The third kappa shape index (κ3) is 4.35. The highest BCUT2D eigenvalue weighted by atomic mass is 32.2. The van der Waals surface area contributed by atoms with E-state index in [-0.39, 0.29) is 0 Å². The molecular weight excluding hydrogens is 396 g/mol. The van der Waals surface area contributed by atoms with Gasteiger partial charge in [0.15, 0.2) is 9.50 Å². The van der Waals surface area contributed by atoms with Crippen LogP contribution in [0.15, 0.2) is 64.1 Å². The summed E-state index contributed by atoms with van der Waals surface area (Å²) < 4.78 is 9.54. The number of nitrogens with zero attached hydrogens (tertiary/aromatic N) is 4. The molecule has 138 valence electrons.